The molecule has 18 heavy (non-hydrogen) atoms. The van der Waals surface area contributed by atoms with E-state index in [0.29, 0.717) is 5.69 Å². The number of aromatic carboxylic acids is 1. The summed E-state index contributed by atoms with van der Waals surface area (Å²) < 4.78 is 4.77. The van der Waals surface area contributed by atoms with Gasteiger partial charge >= 0.3 is 5.97 Å². The summed E-state index contributed by atoms with van der Waals surface area (Å²) in [6.07, 6.45) is 0. The smallest absolute Gasteiger partial charge is 0.354 e. The number of aromatic nitrogens is 2. The van der Waals surface area contributed by atoms with E-state index >= 15 is 0 Å². The summed E-state index contributed by atoms with van der Waals surface area (Å²) in [6, 6.07) is 5.76. The standard InChI is InChI=1S/C11H9N3O4/c1-6-5-8(18-14-6)10(15)13-9-4-2-3-7(12-9)11(16)17/h2-5H,1H3,(H,16,17)(H,12,13,15). The van der Waals surface area contributed by atoms with Gasteiger partial charge < -0.3 is 14.9 Å². The Morgan fingerprint density at radius 3 is 2.78 bits per heavy atom. The minimum absolute atomic E-state index is 0.0371. The first-order valence-corrected chi connectivity index (χ1v) is 5.01. The molecule has 1 amide bonds. The molecule has 0 spiro atoms. The minimum Gasteiger partial charge on any atom is -0.477 e. The van der Waals surface area contributed by atoms with Gasteiger partial charge in [0.05, 0.1) is 5.69 Å². The summed E-state index contributed by atoms with van der Waals surface area (Å²) in [5, 5.41) is 14.8. The van der Waals surface area contributed by atoms with Crippen molar-refractivity contribution >= 4 is 17.7 Å². The zero-order chi connectivity index (χ0) is 13.1. The summed E-state index contributed by atoms with van der Waals surface area (Å²) in [6.45, 7) is 1.68. The first kappa shape index (κ1) is 11.8. The molecule has 0 unspecified atom stereocenters. The highest BCUT2D eigenvalue weighted by Crippen LogP contribution is 2.08. The average Bonchev–Trinajstić information content (AvgIpc) is 2.76. The maximum atomic E-state index is 11.7. The molecule has 0 atom stereocenters. The summed E-state index contributed by atoms with van der Waals surface area (Å²) in [5.74, 6) is -1.53. The van der Waals surface area contributed by atoms with Gasteiger partial charge in [0.15, 0.2) is 5.69 Å². The fourth-order valence-corrected chi connectivity index (χ4v) is 1.27. The fourth-order valence-electron chi connectivity index (χ4n) is 1.27. The van der Waals surface area contributed by atoms with Crippen molar-refractivity contribution in [2.45, 2.75) is 6.92 Å². The lowest BCUT2D eigenvalue weighted by Gasteiger charge is -2.02. The molecular weight excluding hydrogens is 238 g/mol. The van der Waals surface area contributed by atoms with Gasteiger partial charge in [0.25, 0.3) is 5.91 Å². The van der Waals surface area contributed by atoms with E-state index in [1.807, 2.05) is 0 Å². The second kappa shape index (κ2) is 4.66. The van der Waals surface area contributed by atoms with Crippen molar-refractivity contribution in [1.82, 2.24) is 10.1 Å². The van der Waals surface area contributed by atoms with Crippen LogP contribution in [0.4, 0.5) is 5.82 Å². The molecule has 0 aliphatic rings. The molecule has 92 valence electrons. The van der Waals surface area contributed by atoms with E-state index in [2.05, 4.69) is 15.5 Å². The molecule has 0 radical (unpaired) electrons. The Morgan fingerprint density at radius 2 is 2.17 bits per heavy atom. The largest absolute Gasteiger partial charge is 0.477 e. The van der Waals surface area contributed by atoms with Gasteiger partial charge in [0, 0.05) is 6.07 Å². The molecule has 0 fully saturated rings. The van der Waals surface area contributed by atoms with Crippen LogP contribution in [0.15, 0.2) is 28.8 Å². The van der Waals surface area contributed by atoms with Crippen LogP contribution < -0.4 is 5.32 Å². The third kappa shape index (κ3) is 2.51. The van der Waals surface area contributed by atoms with Crippen molar-refractivity contribution in [3.63, 3.8) is 0 Å². The second-order valence-electron chi connectivity index (χ2n) is 3.50. The van der Waals surface area contributed by atoms with Crippen LogP contribution in [0.1, 0.15) is 26.7 Å². The van der Waals surface area contributed by atoms with Gasteiger partial charge in [-0.05, 0) is 19.1 Å². The van der Waals surface area contributed by atoms with E-state index < -0.39 is 11.9 Å². The monoisotopic (exact) mass is 247 g/mol. The van der Waals surface area contributed by atoms with E-state index in [4.69, 9.17) is 9.63 Å². The Hall–Kier alpha value is -2.70. The number of pyridine rings is 1. The molecule has 0 saturated carbocycles. The third-order valence-electron chi connectivity index (χ3n) is 2.06. The lowest BCUT2D eigenvalue weighted by molar-refractivity contribution is 0.0690. The quantitative estimate of drug-likeness (QED) is 0.847. The lowest BCUT2D eigenvalue weighted by atomic mass is 10.3. The van der Waals surface area contributed by atoms with Gasteiger partial charge in [-0.1, -0.05) is 11.2 Å². The molecule has 0 bridgehead atoms. The van der Waals surface area contributed by atoms with Gasteiger partial charge in [-0.25, -0.2) is 9.78 Å². The number of carbonyl (C=O) groups excluding carboxylic acids is 1. The highest BCUT2D eigenvalue weighted by molar-refractivity contribution is 6.01. The van der Waals surface area contributed by atoms with Crippen LogP contribution >= 0.6 is 0 Å². The molecule has 0 aliphatic heterocycles. The Balaban J connectivity index is 2.16. The highest BCUT2D eigenvalue weighted by Gasteiger charge is 2.13. The molecule has 0 saturated heterocycles. The molecule has 2 aromatic rings. The Labute approximate surface area is 101 Å². The molecule has 2 heterocycles. The summed E-state index contributed by atoms with van der Waals surface area (Å²) in [4.78, 5) is 26.1. The molecule has 2 N–H and O–H groups in total. The summed E-state index contributed by atoms with van der Waals surface area (Å²) >= 11 is 0. The number of amides is 1. The zero-order valence-electron chi connectivity index (χ0n) is 9.38. The maximum absolute atomic E-state index is 11.7. The van der Waals surface area contributed by atoms with Crippen LogP contribution in [-0.4, -0.2) is 27.1 Å². The number of rotatable bonds is 3. The number of hydrogen-bond acceptors (Lipinski definition) is 5. The number of hydrogen-bond donors (Lipinski definition) is 2. The second-order valence-corrected chi connectivity index (χ2v) is 3.50. The van der Waals surface area contributed by atoms with Gasteiger partial charge in [-0.2, -0.15) is 0 Å². The maximum Gasteiger partial charge on any atom is 0.354 e. The Kier molecular flexibility index (Phi) is 3.05. The minimum atomic E-state index is -1.17. The van der Waals surface area contributed by atoms with E-state index in [-0.39, 0.29) is 17.3 Å². The average molecular weight is 247 g/mol. The van der Waals surface area contributed by atoms with Crippen LogP contribution in [0.3, 0.4) is 0 Å². The number of aryl methyl sites for hydroxylation is 1. The third-order valence-corrected chi connectivity index (χ3v) is 2.06. The topological polar surface area (TPSA) is 105 Å². The SMILES string of the molecule is Cc1cc(C(=O)Nc2cccc(C(=O)O)n2)on1. The van der Waals surface area contributed by atoms with Gasteiger partial charge in [0.1, 0.15) is 5.82 Å². The Morgan fingerprint density at radius 1 is 1.39 bits per heavy atom. The van der Waals surface area contributed by atoms with Gasteiger partial charge in [-0.15, -0.1) is 0 Å². The summed E-state index contributed by atoms with van der Waals surface area (Å²) in [7, 11) is 0. The summed E-state index contributed by atoms with van der Waals surface area (Å²) in [5.41, 5.74) is 0.425. The number of carboxylic acids is 1. The van der Waals surface area contributed by atoms with E-state index in [9.17, 15) is 9.59 Å². The predicted octanol–water partition coefficient (Wildman–Crippen LogP) is 1.33. The molecule has 2 rings (SSSR count). The van der Waals surface area contributed by atoms with Crippen molar-refractivity contribution in [3.8, 4) is 0 Å². The Bertz CT molecular complexity index is 606. The number of nitrogens with one attached hydrogen (secondary N) is 1. The first-order valence-electron chi connectivity index (χ1n) is 5.01. The number of carboxylic acid groups (broad SMARTS) is 1. The fraction of sp³-hybridized carbons (Fsp3) is 0.0909. The van der Waals surface area contributed by atoms with Crippen molar-refractivity contribution < 1.29 is 19.2 Å². The van der Waals surface area contributed by atoms with E-state index in [1.54, 1.807) is 6.92 Å². The molecule has 2 aromatic heterocycles. The van der Waals surface area contributed by atoms with E-state index in [1.165, 1.54) is 24.3 Å². The van der Waals surface area contributed by atoms with Crippen LogP contribution in [0, 0.1) is 6.92 Å². The number of nitrogens with zero attached hydrogens (tertiary/aromatic N) is 2. The van der Waals surface area contributed by atoms with Crippen LogP contribution in [0.5, 0.6) is 0 Å². The molecule has 0 aromatic carbocycles. The number of carbonyl (C=O) groups is 2. The van der Waals surface area contributed by atoms with Gasteiger partial charge in [0.2, 0.25) is 5.76 Å². The molecule has 0 aliphatic carbocycles. The molecular formula is C11H9N3O4. The van der Waals surface area contributed by atoms with Crippen molar-refractivity contribution in [2.24, 2.45) is 0 Å². The van der Waals surface area contributed by atoms with Crippen LogP contribution in [0.2, 0.25) is 0 Å². The first-order chi connectivity index (χ1) is 8.56. The van der Waals surface area contributed by atoms with Crippen molar-refractivity contribution in [1.29, 1.82) is 0 Å². The molecule has 7 heteroatoms. The zero-order valence-corrected chi connectivity index (χ0v) is 9.38. The van der Waals surface area contributed by atoms with Crippen LogP contribution in [0.25, 0.3) is 0 Å². The lowest BCUT2D eigenvalue weighted by Crippen LogP contribution is -2.13. The number of anilines is 1. The van der Waals surface area contributed by atoms with Gasteiger partial charge in [-0.3, -0.25) is 4.79 Å². The molecule has 7 nitrogen and oxygen atoms in total. The van der Waals surface area contributed by atoms with Crippen molar-refractivity contribution in [2.75, 3.05) is 5.32 Å². The predicted molar refractivity (Wildman–Crippen MR) is 60.4 cm³/mol. The normalized spacial score (nSPS) is 10.1. The highest BCUT2D eigenvalue weighted by atomic mass is 16.5. The van der Waals surface area contributed by atoms with Crippen molar-refractivity contribution in [3.05, 3.63) is 41.4 Å². The van der Waals surface area contributed by atoms with Crippen LogP contribution in [-0.2, 0) is 0 Å². The van der Waals surface area contributed by atoms with E-state index in [0.717, 1.165) is 0 Å².